The summed E-state index contributed by atoms with van der Waals surface area (Å²) in [5, 5.41) is 18.2. The molecule has 1 aromatic rings. The largest absolute Gasteiger partial charge is 0.462 e. The van der Waals surface area contributed by atoms with Gasteiger partial charge in [-0.2, -0.15) is 0 Å². The van der Waals surface area contributed by atoms with E-state index in [-0.39, 0.29) is 30.3 Å². The van der Waals surface area contributed by atoms with Crippen molar-refractivity contribution >= 4 is 11.9 Å². The van der Waals surface area contributed by atoms with E-state index in [9.17, 15) is 9.59 Å². The van der Waals surface area contributed by atoms with Gasteiger partial charge in [0.15, 0.2) is 0 Å². The molecule has 1 saturated carbocycles. The van der Waals surface area contributed by atoms with Crippen molar-refractivity contribution in [2.24, 2.45) is 29.6 Å². The predicted molar refractivity (Wildman–Crippen MR) is 206 cm³/mol. The van der Waals surface area contributed by atoms with Gasteiger partial charge >= 0.3 is 11.9 Å². The Morgan fingerprint density at radius 3 is 1.72 bits per heavy atom. The van der Waals surface area contributed by atoms with Crippen molar-refractivity contribution in [2.75, 3.05) is 26.4 Å². The molecule has 50 heavy (non-hydrogen) atoms. The number of carbonyl (C=O) groups excluding carboxylic acids is 2. The van der Waals surface area contributed by atoms with Crippen LogP contribution in [0.25, 0.3) is 0 Å². The molecule has 2 N–H and O–H groups in total. The number of aliphatic hydroxyl groups excluding tert-OH is 2. The lowest BCUT2D eigenvalue weighted by Crippen LogP contribution is -2.20. The molecule has 0 bridgehead atoms. The van der Waals surface area contributed by atoms with Gasteiger partial charge in [-0.3, -0.25) is 0 Å². The number of hydrogen-bond donors (Lipinski definition) is 2. The third kappa shape index (κ3) is 16.3. The maximum Gasteiger partial charge on any atom is 0.335 e. The Balaban J connectivity index is 1.84. The highest BCUT2D eigenvalue weighted by Gasteiger charge is 2.27. The fourth-order valence-electron chi connectivity index (χ4n) is 7.63. The van der Waals surface area contributed by atoms with Crippen LogP contribution in [0.3, 0.4) is 0 Å². The van der Waals surface area contributed by atoms with E-state index in [1.807, 2.05) is 0 Å². The molecule has 0 aromatic heterocycles. The minimum absolute atomic E-state index is 0.0555. The number of carbonyl (C=O) groups is 2. The predicted octanol–water partition coefficient (Wildman–Crippen LogP) is 10.5. The zero-order chi connectivity index (χ0) is 36.9. The van der Waals surface area contributed by atoms with Gasteiger partial charge in [-0.1, -0.05) is 123 Å². The van der Waals surface area contributed by atoms with Crippen LogP contribution in [0, 0.1) is 29.6 Å². The Morgan fingerprint density at radius 1 is 0.700 bits per heavy atom. The first-order valence-electron chi connectivity index (χ1n) is 20.0. The summed E-state index contributed by atoms with van der Waals surface area (Å²) in [6.07, 6.45) is 19.1. The molecule has 0 saturated heterocycles. The molecule has 6 nitrogen and oxygen atoms in total. The van der Waals surface area contributed by atoms with Crippen molar-refractivity contribution in [3.05, 3.63) is 59.7 Å². The smallest absolute Gasteiger partial charge is 0.335 e. The van der Waals surface area contributed by atoms with Gasteiger partial charge in [-0.25, -0.2) is 9.59 Å². The standard InChI is InChI=1S/C44H72O6/c1-8-9-10-13-32(2)16-17-33(3)34(4)18-19-35(5)38-20-22-41(23-21-38)42-26-24-40(25-27-42)39(14-11-28-49-43(47)36(6)30-45)15-12-29-50-44(48)37(7)31-46/h24-27,32-35,38-39,41,45-46H,6-23,28-31H2,1-5H3. The maximum absolute atomic E-state index is 11.9. The molecule has 6 heteroatoms. The molecule has 284 valence electrons. The molecular formula is C44H72O6. The molecule has 1 aliphatic carbocycles. The average Bonchev–Trinajstić information content (AvgIpc) is 3.14. The minimum Gasteiger partial charge on any atom is -0.462 e. The highest BCUT2D eigenvalue weighted by atomic mass is 16.5. The Labute approximate surface area is 305 Å². The topological polar surface area (TPSA) is 93.1 Å². The van der Waals surface area contributed by atoms with Crippen molar-refractivity contribution < 1.29 is 29.3 Å². The van der Waals surface area contributed by atoms with Crippen LogP contribution in [0.2, 0.25) is 0 Å². The zero-order valence-electron chi connectivity index (χ0n) is 32.4. The van der Waals surface area contributed by atoms with Gasteiger partial charge in [-0.05, 0) is 104 Å². The van der Waals surface area contributed by atoms with Gasteiger partial charge in [0.25, 0.3) is 0 Å². The lowest BCUT2D eigenvalue weighted by atomic mass is 9.72. The van der Waals surface area contributed by atoms with Crippen LogP contribution in [0.1, 0.15) is 160 Å². The highest BCUT2D eigenvalue weighted by Crippen LogP contribution is 2.41. The van der Waals surface area contributed by atoms with Gasteiger partial charge in [0.1, 0.15) is 0 Å². The van der Waals surface area contributed by atoms with Crippen LogP contribution in [0.4, 0.5) is 0 Å². The minimum atomic E-state index is -0.564. The molecule has 1 aliphatic rings. The lowest BCUT2D eigenvalue weighted by molar-refractivity contribution is -0.140. The fourth-order valence-corrected chi connectivity index (χ4v) is 7.63. The molecule has 4 atom stereocenters. The van der Waals surface area contributed by atoms with Crippen LogP contribution in [-0.4, -0.2) is 48.6 Å². The number of esters is 2. The van der Waals surface area contributed by atoms with Gasteiger partial charge in [0.05, 0.1) is 37.6 Å². The monoisotopic (exact) mass is 697 g/mol. The molecular weight excluding hydrogens is 624 g/mol. The Hall–Kier alpha value is -2.44. The number of aliphatic hydroxyl groups is 2. The van der Waals surface area contributed by atoms with Crippen molar-refractivity contribution in [2.45, 2.75) is 149 Å². The van der Waals surface area contributed by atoms with Crippen molar-refractivity contribution in [1.82, 2.24) is 0 Å². The summed E-state index contributed by atoms with van der Waals surface area (Å²) in [5.41, 5.74) is 2.78. The number of hydrogen-bond acceptors (Lipinski definition) is 6. The summed E-state index contributed by atoms with van der Waals surface area (Å²) in [6.45, 7) is 19.0. The first kappa shape index (κ1) is 43.7. The van der Waals surface area contributed by atoms with E-state index < -0.39 is 25.2 Å². The SMILES string of the molecule is C=C(CO)C(=O)OCCCC(CCCOC(=O)C(=C)CO)c1ccc(C2CCC(C(C)CCC(C)C(C)CCC(C)CCCCC)CC2)cc1. The molecule has 0 spiro atoms. The number of unbranched alkanes of at least 4 members (excludes halogenated alkanes) is 2. The molecule has 0 amide bonds. The van der Waals surface area contributed by atoms with Gasteiger partial charge in [0, 0.05) is 0 Å². The van der Waals surface area contributed by atoms with Crippen molar-refractivity contribution in [3.63, 3.8) is 0 Å². The van der Waals surface area contributed by atoms with E-state index in [1.165, 1.54) is 88.2 Å². The summed E-state index contributed by atoms with van der Waals surface area (Å²) >= 11 is 0. The van der Waals surface area contributed by atoms with Crippen molar-refractivity contribution in [1.29, 1.82) is 0 Å². The quantitative estimate of drug-likeness (QED) is 0.0569. The van der Waals surface area contributed by atoms with E-state index in [2.05, 4.69) is 72.0 Å². The second-order valence-corrected chi connectivity index (χ2v) is 15.7. The molecule has 4 unspecified atom stereocenters. The number of rotatable bonds is 26. The van der Waals surface area contributed by atoms with E-state index >= 15 is 0 Å². The molecule has 2 rings (SSSR count). The molecule has 1 fully saturated rings. The van der Waals surface area contributed by atoms with Crippen LogP contribution in [0.15, 0.2) is 48.6 Å². The lowest BCUT2D eigenvalue weighted by Gasteiger charge is -2.33. The second-order valence-electron chi connectivity index (χ2n) is 15.7. The Kier molecular flexibility index (Phi) is 21.6. The first-order valence-corrected chi connectivity index (χ1v) is 20.0. The van der Waals surface area contributed by atoms with Crippen molar-refractivity contribution in [3.8, 4) is 0 Å². The highest BCUT2D eigenvalue weighted by molar-refractivity contribution is 5.88. The summed E-state index contributed by atoms with van der Waals surface area (Å²) in [6, 6.07) is 9.12. The second kappa shape index (κ2) is 24.7. The molecule has 1 aromatic carbocycles. The Morgan fingerprint density at radius 2 is 1.22 bits per heavy atom. The summed E-state index contributed by atoms with van der Waals surface area (Å²) in [7, 11) is 0. The van der Waals surface area contributed by atoms with E-state index in [4.69, 9.17) is 19.7 Å². The van der Waals surface area contributed by atoms with Gasteiger partial charge in [-0.15, -0.1) is 0 Å². The van der Waals surface area contributed by atoms with E-state index in [1.54, 1.807) is 0 Å². The van der Waals surface area contributed by atoms with Gasteiger partial charge < -0.3 is 19.7 Å². The molecule has 0 radical (unpaired) electrons. The van der Waals surface area contributed by atoms with Crippen LogP contribution < -0.4 is 0 Å². The van der Waals surface area contributed by atoms with Crippen LogP contribution in [0.5, 0.6) is 0 Å². The van der Waals surface area contributed by atoms with Crippen LogP contribution >= 0.6 is 0 Å². The number of ether oxygens (including phenoxy) is 2. The fraction of sp³-hybridized carbons (Fsp3) is 0.727. The van der Waals surface area contributed by atoms with E-state index in [0.29, 0.717) is 18.8 Å². The Bertz CT molecular complexity index is 1080. The number of benzene rings is 1. The van der Waals surface area contributed by atoms with E-state index in [0.717, 1.165) is 42.4 Å². The molecule has 0 aliphatic heterocycles. The summed E-state index contributed by atoms with van der Waals surface area (Å²) < 4.78 is 10.5. The maximum atomic E-state index is 11.9. The average molecular weight is 697 g/mol. The third-order valence-corrected chi connectivity index (χ3v) is 11.7. The summed E-state index contributed by atoms with van der Waals surface area (Å²) in [5.74, 6) is 3.83. The van der Waals surface area contributed by atoms with Gasteiger partial charge in [0.2, 0.25) is 0 Å². The first-order chi connectivity index (χ1) is 24.0. The molecule has 0 heterocycles. The zero-order valence-corrected chi connectivity index (χ0v) is 32.4. The normalized spacial score (nSPS) is 18.6. The van der Waals surface area contributed by atoms with Crippen LogP contribution in [-0.2, 0) is 19.1 Å². The summed E-state index contributed by atoms with van der Waals surface area (Å²) in [4.78, 5) is 23.8. The third-order valence-electron chi connectivity index (χ3n) is 11.7.